The lowest BCUT2D eigenvalue weighted by Crippen LogP contribution is -2.12. The minimum absolute atomic E-state index is 0.0366. The lowest BCUT2D eigenvalue weighted by Gasteiger charge is -2.13. The van der Waals surface area contributed by atoms with Crippen LogP contribution in [0, 0.1) is 11.6 Å². The van der Waals surface area contributed by atoms with E-state index in [9.17, 15) is 8.78 Å². The van der Waals surface area contributed by atoms with Crippen molar-refractivity contribution in [3.8, 4) is 0 Å². The average molecular weight is 378 g/mol. The van der Waals surface area contributed by atoms with Gasteiger partial charge >= 0.3 is 0 Å². The fraction of sp³-hybridized carbons (Fsp3) is 0. The van der Waals surface area contributed by atoms with E-state index < -0.39 is 11.6 Å². The van der Waals surface area contributed by atoms with Crippen molar-refractivity contribution < 1.29 is 8.78 Å². The van der Waals surface area contributed by atoms with Crippen molar-refractivity contribution in [2.45, 2.75) is 0 Å². The van der Waals surface area contributed by atoms with E-state index >= 15 is 0 Å². The summed E-state index contributed by atoms with van der Waals surface area (Å²) in [5.74, 6) is -1.21. The molecule has 0 aromatic heterocycles. The fourth-order valence-corrected chi connectivity index (χ4v) is 2.26. The van der Waals surface area contributed by atoms with Gasteiger partial charge in [-0.2, -0.15) is 0 Å². The first kappa shape index (κ1) is 15.2. The van der Waals surface area contributed by atoms with Crippen LogP contribution in [0.5, 0.6) is 0 Å². The molecule has 0 aliphatic heterocycles. The zero-order chi connectivity index (χ0) is 14.9. The van der Waals surface area contributed by atoms with Crippen LogP contribution < -0.4 is 11.1 Å². The fourth-order valence-electron chi connectivity index (χ4n) is 1.60. The molecule has 0 radical (unpaired) electrons. The molecule has 0 aliphatic rings. The van der Waals surface area contributed by atoms with Crippen LogP contribution in [0.25, 0.3) is 0 Å². The van der Waals surface area contributed by atoms with Crippen molar-refractivity contribution in [1.82, 2.24) is 0 Å². The Bertz CT molecular complexity index is 694. The number of hydrogen-bond donors (Lipinski definition) is 2. The molecule has 0 atom stereocenters. The van der Waals surface area contributed by atoms with Gasteiger partial charge in [0.15, 0.2) is 0 Å². The predicted molar refractivity (Wildman–Crippen MR) is 84.7 cm³/mol. The van der Waals surface area contributed by atoms with Gasteiger partial charge in [-0.05, 0) is 40.2 Å². The minimum Gasteiger partial charge on any atom is -0.389 e. The molecule has 0 spiro atoms. The van der Waals surface area contributed by atoms with Gasteiger partial charge in [-0.1, -0.05) is 23.8 Å². The van der Waals surface area contributed by atoms with Crippen molar-refractivity contribution in [3.63, 3.8) is 0 Å². The van der Waals surface area contributed by atoms with Gasteiger partial charge in [0.1, 0.15) is 16.6 Å². The third-order valence-electron chi connectivity index (χ3n) is 2.53. The maximum absolute atomic E-state index is 13.8. The Kier molecular flexibility index (Phi) is 4.57. The summed E-state index contributed by atoms with van der Waals surface area (Å²) < 4.78 is 27.3. The number of hydrogen-bond acceptors (Lipinski definition) is 2. The van der Waals surface area contributed by atoms with E-state index in [2.05, 4.69) is 21.2 Å². The van der Waals surface area contributed by atoms with Crippen LogP contribution in [-0.4, -0.2) is 4.99 Å². The minimum atomic E-state index is -0.618. The molecule has 0 saturated carbocycles. The van der Waals surface area contributed by atoms with Crippen molar-refractivity contribution >= 4 is 56.1 Å². The molecule has 0 saturated heterocycles. The molecule has 0 amide bonds. The highest BCUT2D eigenvalue weighted by molar-refractivity contribution is 9.10. The zero-order valence-electron chi connectivity index (χ0n) is 9.88. The average Bonchev–Trinajstić information content (AvgIpc) is 2.35. The number of rotatable bonds is 3. The van der Waals surface area contributed by atoms with Crippen LogP contribution in [0.2, 0.25) is 5.02 Å². The largest absolute Gasteiger partial charge is 0.389 e. The van der Waals surface area contributed by atoms with Crippen LogP contribution >= 0.6 is 39.7 Å². The Balaban J connectivity index is 2.47. The molecule has 104 valence electrons. The smallest absolute Gasteiger partial charge is 0.147 e. The summed E-state index contributed by atoms with van der Waals surface area (Å²) in [5, 5.41) is 3.16. The molecule has 0 unspecified atom stereocenters. The predicted octanol–water partition coefficient (Wildman–Crippen LogP) is 4.76. The van der Waals surface area contributed by atoms with Crippen LogP contribution in [0.4, 0.5) is 20.2 Å². The molecule has 2 nitrogen and oxygen atoms in total. The first-order valence-electron chi connectivity index (χ1n) is 5.39. The van der Waals surface area contributed by atoms with Crippen molar-refractivity contribution in [3.05, 3.63) is 57.0 Å². The summed E-state index contributed by atoms with van der Waals surface area (Å²) in [6, 6.07) is 6.82. The Hall–Kier alpha value is -1.24. The maximum atomic E-state index is 13.8. The van der Waals surface area contributed by atoms with E-state index in [0.29, 0.717) is 16.3 Å². The van der Waals surface area contributed by atoms with Gasteiger partial charge in [0.2, 0.25) is 0 Å². The molecule has 20 heavy (non-hydrogen) atoms. The number of thiocarbonyl (C=S) groups is 1. The zero-order valence-corrected chi connectivity index (χ0v) is 13.0. The normalized spacial score (nSPS) is 10.4. The first-order valence-corrected chi connectivity index (χ1v) is 6.97. The molecule has 3 N–H and O–H groups in total. The van der Waals surface area contributed by atoms with E-state index in [1.807, 2.05) is 0 Å². The quantitative estimate of drug-likeness (QED) is 0.598. The van der Waals surface area contributed by atoms with Gasteiger partial charge in [0.25, 0.3) is 0 Å². The second-order valence-corrected chi connectivity index (χ2v) is 5.66. The molecular formula is C13H8BrClF2N2S. The molecular weight excluding hydrogens is 370 g/mol. The monoisotopic (exact) mass is 376 g/mol. The number of anilines is 2. The molecule has 2 aromatic rings. The molecule has 2 rings (SSSR count). The van der Waals surface area contributed by atoms with Crippen LogP contribution in [0.3, 0.4) is 0 Å². The Labute approximate surface area is 133 Å². The van der Waals surface area contributed by atoms with Crippen molar-refractivity contribution in [1.29, 1.82) is 0 Å². The third-order valence-corrected chi connectivity index (χ3v) is 3.59. The summed E-state index contributed by atoms with van der Waals surface area (Å²) in [6.45, 7) is 0. The number of benzene rings is 2. The lowest BCUT2D eigenvalue weighted by atomic mass is 10.1. The van der Waals surface area contributed by atoms with E-state index in [0.717, 1.165) is 12.1 Å². The van der Waals surface area contributed by atoms with Crippen LogP contribution in [0.1, 0.15) is 5.56 Å². The van der Waals surface area contributed by atoms with Crippen molar-refractivity contribution in [2.24, 2.45) is 5.73 Å². The van der Waals surface area contributed by atoms with Crippen LogP contribution in [-0.2, 0) is 0 Å². The molecule has 0 aliphatic carbocycles. The number of nitrogens with one attached hydrogen (secondary N) is 1. The van der Waals surface area contributed by atoms with Gasteiger partial charge in [-0.3, -0.25) is 0 Å². The Morgan fingerprint density at radius 2 is 1.85 bits per heavy atom. The van der Waals surface area contributed by atoms with Gasteiger partial charge in [-0.25, -0.2) is 8.78 Å². The molecule has 7 heteroatoms. The van der Waals surface area contributed by atoms with Gasteiger partial charge in [0, 0.05) is 16.7 Å². The standard InChI is InChI=1S/C13H8BrClF2N2S/c14-8-4-10(17)12(5-9(8)16)19-11-3-6(15)1-2-7(11)13(18)20/h1-5,19H,(H2,18,20). The summed E-state index contributed by atoms with van der Waals surface area (Å²) in [7, 11) is 0. The first-order chi connectivity index (χ1) is 9.38. The maximum Gasteiger partial charge on any atom is 0.147 e. The van der Waals surface area contributed by atoms with E-state index in [1.165, 1.54) is 6.07 Å². The molecule has 0 fully saturated rings. The van der Waals surface area contributed by atoms with E-state index in [-0.39, 0.29) is 15.1 Å². The van der Waals surface area contributed by atoms with Crippen LogP contribution in [0.15, 0.2) is 34.8 Å². The lowest BCUT2D eigenvalue weighted by molar-refractivity contribution is 0.598. The second-order valence-electron chi connectivity index (χ2n) is 3.93. The molecule has 2 aromatic carbocycles. The summed E-state index contributed by atoms with van der Waals surface area (Å²) in [4.78, 5) is 0.127. The highest BCUT2D eigenvalue weighted by Crippen LogP contribution is 2.29. The number of nitrogens with two attached hydrogens (primary N) is 1. The van der Waals surface area contributed by atoms with E-state index in [1.54, 1.807) is 12.1 Å². The number of halogens is 4. The topological polar surface area (TPSA) is 38.0 Å². The second kappa shape index (κ2) is 6.03. The van der Waals surface area contributed by atoms with Gasteiger partial charge < -0.3 is 11.1 Å². The molecule has 0 heterocycles. The van der Waals surface area contributed by atoms with Crippen molar-refractivity contribution in [2.75, 3.05) is 5.32 Å². The Morgan fingerprint density at radius 3 is 2.50 bits per heavy atom. The Morgan fingerprint density at radius 1 is 1.15 bits per heavy atom. The SMILES string of the molecule is NC(=S)c1ccc(Cl)cc1Nc1cc(F)c(Br)cc1F. The van der Waals surface area contributed by atoms with Gasteiger partial charge in [-0.15, -0.1) is 0 Å². The third kappa shape index (κ3) is 3.26. The summed E-state index contributed by atoms with van der Waals surface area (Å²) >= 11 is 13.7. The summed E-state index contributed by atoms with van der Waals surface area (Å²) in [5.41, 5.74) is 6.45. The van der Waals surface area contributed by atoms with Gasteiger partial charge in [0.05, 0.1) is 15.8 Å². The molecule has 0 bridgehead atoms. The van der Waals surface area contributed by atoms with E-state index in [4.69, 9.17) is 29.6 Å². The summed E-state index contributed by atoms with van der Waals surface area (Å²) in [6.07, 6.45) is 0. The highest BCUT2D eigenvalue weighted by atomic mass is 79.9. The highest BCUT2D eigenvalue weighted by Gasteiger charge is 2.12.